The topological polar surface area (TPSA) is 52.6 Å². The molecule has 0 bridgehead atoms. The minimum atomic E-state index is -0.741. The lowest BCUT2D eigenvalue weighted by molar-refractivity contribution is -0.163. The van der Waals surface area contributed by atoms with Crippen LogP contribution in [0.15, 0.2) is 0 Å². The predicted molar refractivity (Wildman–Crippen MR) is 63.3 cm³/mol. The molecule has 98 valence electrons. The van der Waals surface area contributed by atoms with E-state index in [4.69, 9.17) is 9.47 Å². The number of hydrogen-bond donors (Lipinski definition) is 0. The van der Waals surface area contributed by atoms with Gasteiger partial charge >= 0.3 is 11.9 Å². The molecular weight excluding hydrogens is 220 g/mol. The zero-order valence-corrected chi connectivity index (χ0v) is 10.9. The van der Waals surface area contributed by atoms with Crippen molar-refractivity contribution < 1.29 is 19.1 Å². The van der Waals surface area contributed by atoms with Crippen molar-refractivity contribution in [1.82, 2.24) is 0 Å². The van der Waals surface area contributed by atoms with Gasteiger partial charge in [-0.05, 0) is 18.3 Å². The Kier molecular flexibility index (Phi) is 5.45. The summed E-state index contributed by atoms with van der Waals surface area (Å²) >= 11 is 0. The Morgan fingerprint density at radius 2 is 1.65 bits per heavy atom. The molecule has 2 atom stereocenters. The van der Waals surface area contributed by atoms with Crippen molar-refractivity contribution in [2.45, 2.75) is 39.0 Å². The minimum Gasteiger partial charge on any atom is -0.468 e. The Morgan fingerprint density at radius 1 is 1.12 bits per heavy atom. The van der Waals surface area contributed by atoms with E-state index in [0.29, 0.717) is 5.92 Å². The zero-order valence-electron chi connectivity index (χ0n) is 10.9. The van der Waals surface area contributed by atoms with E-state index in [0.717, 1.165) is 25.7 Å². The van der Waals surface area contributed by atoms with E-state index in [9.17, 15) is 9.59 Å². The Bertz CT molecular complexity index is 259. The molecule has 0 heterocycles. The normalized spacial score (nSPS) is 24.5. The first-order chi connectivity index (χ1) is 8.15. The molecule has 0 aromatic heterocycles. The van der Waals surface area contributed by atoms with Crippen LogP contribution in [-0.4, -0.2) is 26.2 Å². The molecule has 2 unspecified atom stereocenters. The first-order valence-corrected chi connectivity index (χ1v) is 6.31. The maximum atomic E-state index is 11.8. The highest BCUT2D eigenvalue weighted by Crippen LogP contribution is 2.38. The van der Waals surface area contributed by atoms with Gasteiger partial charge in [0.1, 0.15) is 0 Å². The van der Waals surface area contributed by atoms with E-state index in [1.807, 2.05) is 0 Å². The highest BCUT2D eigenvalue weighted by molar-refractivity contribution is 5.95. The Balaban J connectivity index is 2.86. The Morgan fingerprint density at radius 3 is 2.12 bits per heavy atom. The molecule has 0 spiro atoms. The molecular formula is C13H22O4. The fraction of sp³-hybridized carbons (Fsp3) is 0.846. The molecule has 1 aliphatic carbocycles. The lowest BCUT2D eigenvalue weighted by atomic mass is 9.71. The van der Waals surface area contributed by atoms with Crippen LogP contribution < -0.4 is 0 Å². The molecule has 0 amide bonds. The summed E-state index contributed by atoms with van der Waals surface area (Å²) in [6, 6.07) is 0. The van der Waals surface area contributed by atoms with Crippen molar-refractivity contribution in [1.29, 1.82) is 0 Å². The third-order valence-electron chi connectivity index (χ3n) is 3.83. The first-order valence-electron chi connectivity index (χ1n) is 6.31. The third-order valence-corrected chi connectivity index (χ3v) is 3.83. The monoisotopic (exact) mass is 242 g/mol. The number of hydrogen-bond acceptors (Lipinski definition) is 4. The van der Waals surface area contributed by atoms with Gasteiger partial charge in [-0.25, -0.2) is 0 Å². The van der Waals surface area contributed by atoms with Gasteiger partial charge in [-0.15, -0.1) is 0 Å². The van der Waals surface area contributed by atoms with Gasteiger partial charge in [-0.3, -0.25) is 9.59 Å². The number of carbonyl (C=O) groups is 2. The molecule has 1 rings (SSSR count). The summed E-state index contributed by atoms with van der Waals surface area (Å²) in [4.78, 5) is 23.5. The van der Waals surface area contributed by atoms with Crippen molar-refractivity contribution in [2.24, 2.45) is 17.8 Å². The zero-order chi connectivity index (χ0) is 12.8. The van der Waals surface area contributed by atoms with Crippen LogP contribution in [-0.2, 0) is 19.1 Å². The molecule has 0 radical (unpaired) electrons. The number of carbonyl (C=O) groups excluding carboxylic acids is 2. The minimum absolute atomic E-state index is 0.0775. The van der Waals surface area contributed by atoms with Crippen molar-refractivity contribution in [2.75, 3.05) is 14.2 Å². The van der Waals surface area contributed by atoms with E-state index >= 15 is 0 Å². The molecule has 0 saturated heterocycles. The van der Waals surface area contributed by atoms with Crippen molar-refractivity contribution >= 4 is 11.9 Å². The molecule has 1 aliphatic rings. The Hall–Kier alpha value is -1.06. The van der Waals surface area contributed by atoms with Gasteiger partial charge in [0.2, 0.25) is 0 Å². The summed E-state index contributed by atoms with van der Waals surface area (Å²) in [5.41, 5.74) is 0. The molecule has 4 heteroatoms. The van der Waals surface area contributed by atoms with Crippen LogP contribution in [0.5, 0.6) is 0 Å². The summed E-state index contributed by atoms with van der Waals surface area (Å²) in [6.45, 7) is 2.11. The second-order valence-corrected chi connectivity index (χ2v) is 4.64. The smallest absolute Gasteiger partial charge is 0.320 e. The number of methoxy groups -OCH3 is 2. The Labute approximate surface area is 103 Å². The van der Waals surface area contributed by atoms with Crippen molar-refractivity contribution in [3.05, 3.63) is 0 Å². The molecule has 0 aromatic rings. The summed E-state index contributed by atoms with van der Waals surface area (Å²) < 4.78 is 9.48. The fourth-order valence-corrected chi connectivity index (χ4v) is 2.88. The molecule has 17 heavy (non-hydrogen) atoms. The van der Waals surface area contributed by atoms with E-state index in [2.05, 4.69) is 6.92 Å². The predicted octanol–water partition coefficient (Wildman–Crippen LogP) is 2.17. The van der Waals surface area contributed by atoms with Gasteiger partial charge < -0.3 is 9.47 Å². The number of esters is 2. The maximum absolute atomic E-state index is 11.8. The van der Waals surface area contributed by atoms with Crippen LogP contribution in [0.1, 0.15) is 39.0 Å². The molecule has 0 aliphatic heterocycles. The standard InChI is InChI=1S/C13H22O4/c1-4-9-7-5-6-8-10(9)11(12(14)16-2)13(15)17-3/h9-11H,4-8H2,1-3H3. The summed E-state index contributed by atoms with van der Waals surface area (Å²) in [6.07, 6.45) is 5.25. The second kappa shape index (κ2) is 6.62. The lowest BCUT2D eigenvalue weighted by Crippen LogP contribution is -2.38. The van der Waals surface area contributed by atoms with Crippen LogP contribution in [0.3, 0.4) is 0 Å². The maximum Gasteiger partial charge on any atom is 0.320 e. The number of ether oxygens (including phenoxy) is 2. The highest BCUT2D eigenvalue weighted by Gasteiger charge is 2.41. The van der Waals surface area contributed by atoms with Crippen LogP contribution in [0.4, 0.5) is 0 Å². The largest absolute Gasteiger partial charge is 0.468 e. The van der Waals surface area contributed by atoms with Crippen LogP contribution >= 0.6 is 0 Å². The fourth-order valence-electron chi connectivity index (χ4n) is 2.88. The quantitative estimate of drug-likeness (QED) is 0.560. The van der Waals surface area contributed by atoms with Gasteiger partial charge in [0.15, 0.2) is 5.92 Å². The summed E-state index contributed by atoms with van der Waals surface area (Å²) in [5.74, 6) is -1.15. The summed E-state index contributed by atoms with van der Waals surface area (Å²) in [5, 5.41) is 0. The first kappa shape index (κ1) is 14.0. The highest BCUT2D eigenvalue weighted by atomic mass is 16.5. The van der Waals surface area contributed by atoms with Gasteiger partial charge in [0.05, 0.1) is 14.2 Å². The van der Waals surface area contributed by atoms with Crippen molar-refractivity contribution in [3.8, 4) is 0 Å². The molecule has 0 aromatic carbocycles. The van der Waals surface area contributed by atoms with Gasteiger partial charge in [0.25, 0.3) is 0 Å². The number of rotatable bonds is 4. The van der Waals surface area contributed by atoms with E-state index < -0.39 is 17.9 Å². The van der Waals surface area contributed by atoms with Gasteiger partial charge in [0, 0.05) is 0 Å². The molecule has 4 nitrogen and oxygen atoms in total. The summed E-state index contributed by atoms with van der Waals surface area (Å²) in [7, 11) is 2.64. The SMILES string of the molecule is CCC1CCCCC1C(C(=O)OC)C(=O)OC. The van der Waals surface area contributed by atoms with Gasteiger partial charge in [-0.1, -0.05) is 32.6 Å². The second-order valence-electron chi connectivity index (χ2n) is 4.64. The van der Waals surface area contributed by atoms with E-state index in [-0.39, 0.29) is 5.92 Å². The van der Waals surface area contributed by atoms with E-state index in [1.165, 1.54) is 20.6 Å². The van der Waals surface area contributed by atoms with Gasteiger partial charge in [-0.2, -0.15) is 0 Å². The van der Waals surface area contributed by atoms with Crippen LogP contribution in [0.2, 0.25) is 0 Å². The van der Waals surface area contributed by atoms with E-state index in [1.54, 1.807) is 0 Å². The average molecular weight is 242 g/mol. The molecule has 1 saturated carbocycles. The third kappa shape index (κ3) is 3.20. The molecule has 0 N–H and O–H groups in total. The van der Waals surface area contributed by atoms with Crippen LogP contribution in [0, 0.1) is 17.8 Å². The lowest BCUT2D eigenvalue weighted by Gasteiger charge is -2.34. The van der Waals surface area contributed by atoms with Crippen LogP contribution in [0.25, 0.3) is 0 Å². The molecule has 1 fully saturated rings. The van der Waals surface area contributed by atoms with Crippen molar-refractivity contribution in [3.63, 3.8) is 0 Å². The average Bonchev–Trinajstić information content (AvgIpc) is 2.39.